The number of phosphoric acid groups is 1. The van der Waals surface area contributed by atoms with Crippen molar-refractivity contribution in [2.24, 2.45) is 0 Å². The molecule has 0 fully saturated rings. The van der Waals surface area contributed by atoms with Gasteiger partial charge in [-0.1, -0.05) is 133 Å². The largest absolute Gasteiger partial charge is 0.469 e. The van der Waals surface area contributed by atoms with E-state index >= 15 is 0 Å². The van der Waals surface area contributed by atoms with Gasteiger partial charge in [-0.05, 0) is 70.6 Å². The fourth-order valence-electron chi connectivity index (χ4n) is 4.97. The number of allylic oxidation sites excluding steroid dienone is 8. The Labute approximate surface area is 293 Å². The summed E-state index contributed by atoms with van der Waals surface area (Å²) >= 11 is 0. The van der Waals surface area contributed by atoms with Gasteiger partial charge in [0.25, 0.3) is 0 Å². The smallest absolute Gasteiger partial charge is 0.462 e. The van der Waals surface area contributed by atoms with Crippen molar-refractivity contribution in [3.63, 3.8) is 0 Å². The minimum Gasteiger partial charge on any atom is -0.462 e. The number of carbonyl (C=O) groups excluding carboxylic acids is 2. The molecule has 0 aliphatic rings. The van der Waals surface area contributed by atoms with Crippen LogP contribution in [0.4, 0.5) is 0 Å². The molecule has 8 nitrogen and oxygen atoms in total. The number of hydrogen-bond donors (Lipinski definition) is 2. The van der Waals surface area contributed by atoms with Crippen LogP contribution >= 0.6 is 7.82 Å². The second-order valence-electron chi connectivity index (χ2n) is 12.5. The Morgan fingerprint density at radius 3 is 1.48 bits per heavy atom. The molecule has 0 radical (unpaired) electrons. The number of hydrogen-bond acceptors (Lipinski definition) is 6. The fourth-order valence-corrected chi connectivity index (χ4v) is 5.33. The molecule has 0 saturated heterocycles. The first-order chi connectivity index (χ1) is 23.3. The van der Waals surface area contributed by atoms with Crippen molar-refractivity contribution < 1.29 is 37.9 Å². The lowest BCUT2D eigenvalue weighted by Crippen LogP contribution is -2.29. The van der Waals surface area contributed by atoms with Crippen LogP contribution in [0.3, 0.4) is 0 Å². The lowest BCUT2D eigenvalue weighted by atomic mass is 10.1. The number of carbonyl (C=O) groups is 2. The summed E-state index contributed by atoms with van der Waals surface area (Å²) in [6.07, 6.45) is 41.3. The Hall–Kier alpha value is -1.99. The molecular weight excluding hydrogens is 627 g/mol. The van der Waals surface area contributed by atoms with Gasteiger partial charge in [0.15, 0.2) is 6.10 Å². The highest BCUT2D eigenvalue weighted by molar-refractivity contribution is 7.46. The normalized spacial score (nSPS) is 13.0. The van der Waals surface area contributed by atoms with Gasteiger partial charge in [-0.3, -0.25) is 14.1 Å². The van der Waals surface area contributed by atoms with Crippen molar-refractivity contribution in [1.29, 1.82) is 0 Å². The highest BCUT2D eigenvalue weighted by atomic mass is 31.2. The van der Waals surface area contributed by atoms with E-state index in [1.54, 1.807) is 0 Å². The SMILES string of the molecule is CCCCCCCC/C=C/C/C=C/C/C=C/CCCC(=O)OC[C@H](COP(=O)(O)O)OC(=O)CCCCC/C=C/CCCCCCCC. The Morgan fingerprint density at radius 1 is 0.542 bits per heavy atom. The molecule has 1 atom stereocenters. The fraction of sp³-hybridized carbons (Fsp3) is 0.744. The van der Waals surface area contributed by atoms with Crippen molar-refractivity contribution in [3.05, 3.63) is 48.6 Å². The molecule has 0 heterocycles. The van der Waals surface area contributed by atoms with Crippen molar-refractivity contribution in [2.45, 2.75) is 174 Å². The maximum atomic E-state index is 12.3. The molecule has 0 spiro atoms. The van der Waals surface area contributed by atoms with Crippen molar-refractivity contribution in [1.82, 2.24) is 0 Å². The second kappa shape index (κ2) is 34.9. The van der Waals surface area contributed by atoms with Crippen molar-refractivity contribution in [2.75, 3.05) is 13.2 Å². The minimum atomic E-state index is -4.76. The third kappa shape index (κ3) is 36.8. The minimum absolute atomic E-state index is 0.180. The van der Waals surface area contributed by atoms with E-state index in [0.717, 1.165) is 51.4 Å². The zero-order chi connectivity index (χ0) is 35.4. The van der Waals surface area contributed by atoms with Crippen LogP contribution in [0.1, 0.15) is 168 Å². The average molecular weight is 697 g/mol. The number of esters is 2. The first kappa shape index (κ1) is 46.0. The summed E-state index contributed by atoms with van der Waals surface area (Å²) in [4.78, 5) is 42.6. The molecular formula is C39H69O8P. The summed E-state index contributed by atoms with van der Waals surface area (Å²) in [5.41, 5.74) is 0. The lowest BCUT2D eigenvalue weighted by Gasteiger charge is -2.18. The standard InChI is InChI=1S/C39H69O8P/c1-3-5-7-9-11-13-15-17-18-19-20-22-23-25-27-29-31-33-38(40)45-35-37(36-46-48(42,43)44)47-39(41)34-32-30-28-26-24-21-16-14-12-10-8-6-4-2/h17-18,20-22,24-25,27,37H,3-16,19,23,26,28-36H2,1-2H3,(H2,42,43,44)/b18-17+,22-20+,24-21+,27-25+/t37-/m1/s1. The Bertz CT molecular complexity index is 921. The quantitative estimate of drug-likeness (QED) is 0.0295. The molecule has 48 heavy (non-hydrogen) atoms. The van der Waals surface area contributed by atoms with Crippen molar-refractivity contribution >= 4 is 19.8 Å². The van der Waals surface area contributed by atoms with E-state index in [1.807, 2.05) is 6.08 Å². The molecule has 0 aliphatic carbocycles. The molecule has 0 aromatic rings. The zero-order valence-electron chi connectivity index (χ0n) is 30.4. The number of rotatable bonds is 34. The summed E-state index contributed by atoms with van der Waals surface area (Å²) in [6.45, 7) is 3.60. The van der Waals surface area contributed by atoms with Crippen LogP contribution in [0.2, 0.25) is 0 Å². The Balaban J connectivity index is 4.08. The summed E-state index contributed by atoms with van der Waals surface area (Å²) < 4.78 is 26.2. The highest BCUT2D eigenvalue weighted by Crippen LogP contribution is 2.36. The number of phosphoric ester groups is 1. The van der Waals surface area contributed by atoms with E-state index in [1.165, 1.54) is 77.0 Å². The Morgan fingerprint density at radius 2 is 0.958 bits per heavy atom. The van der Waals surface area contributed by atoms with Gasteiger partial charge in [0.2, 0.25) is 0 Å². The second-order valence-corrected chi connectivity index (χ2v) is 13.8. The number of ether oxygens (including phenoxy) is 2. The van der Waals surface area contributed by atoms with E-state index in [-0.39, 0.29) is 19.4 Å². The lowest BCUT2D eigenvalue weighted by molar-refractivity contribution is -0.161. The summed E-state index contributed by atoms with van der Waals surface area (Å²) in [6, 6.07) is 0. The highest BCUT2D eigenvalue weighted by Gasteiger charge is 2.22. The summed E-state index contributed by atoms with van der Waals surface area (Å²) in [5, 5.41) is 0. The van der Waals surface area contributed by atoms with Crippen molar-refractivity contribution in [3.8, 4) is 0 Å². The molecule has 0 bridgehead atoms. The van der Waals surface area contributed by atoms with Gasteiger partial charge in [-0.25, -0.2) is 4.57 Å². The molecule has 0 amide bonds. The van der Waals surface area contributed by atoms with Crippen LogP contribution in [0.5, 0.6) is 0 Å². The zero-order valence-corrected chi connectivity index (χ0v) is 31.3. The maximum absolute atomic E-state index is 12.3. The van der Waals surface area contributed by atoms with E-state index in [2.05, 4.69) is 60.9 Å². The molecule has 0 rings (SSSR count). The molecule has 0 saturated carbocycles. The topological polar surface area (TPSA) is 119 Å². The van der Waals surface area contributed by atoms with Crippen LogP contribution in [0.25, 0.3) is 0 Å². The first-order valence-corrected chi connectivity index (χ1v) is 20.5. The van der Waals surface area contributed by atoms with Gasteiger partial charge in [0, 0.05) is 12.8 Å². The van der Waals surface area contributed by atoms with E-state index in [0.29, 0.717) is 12.8 Å². The van der Waals surface area contributed by atoms with E-state index in [9.17, 15) is 14.2 Å². The molecule has 0 aromatic carbocycles. The predicted molar refractivity (Wildman–Crippen MR) is 198 cm³/mol. The van der Waals surface area contributed by atoms with Gasteiger partial charge in [0.1, 0.15) is 6.61 Å². The molecule has 9 heteroatoms. The van der Waals surface area contributed by atoms with Gasteiger partial charge >= 0.3 is 19.8 Å². The molecule has 0 aliphatic heterocycles. The molecule has 0 aromatic heterocycles. The van der Waals surface area contributed by atoms with Gasteiger partial charge in [0.05, 0.1) is 6.61 Å². The maximum Gasteiger partial charge on any atom is 0.469 e. The third-order valence-electron chi connectivity index (χ3n) is 7.82. The number of unbranched alkanes of at least 4 members (excludes halogenated alkanes) is 16. The van der Waals surface area contributed by atoms with Crippen LogP contribution in [-0.2, 0) is 28.2 Å². The summed E-state index contributed by atoms with van der Waals surface area (Å²) in [7, 11) is -4.76. The first-order valence-electron chi connectivity index (χ1n) is 18.9. The van der Waals surface area contributed by atoms with Crippen LogP contribution < -0.4 is 0 Å². The molecule has 2 N–H and O–H groups in total. The molecule has 0 unspecified atom stereocenters. The molecule has 278 valence electrons. The summed E-state index contributed by atoms with van der Waals surface area (Å²) in [5.74, 6) is -0.967. The van der Waals surface area contributed by atoms with Gasteiger partial charge in [-0.15, -0.1) is 0 Å². The average Bonchev–Trinajstić information content (AvgIpc) is 3.05. The van der Waals surface area contributed by atoms with Gasteiger partial charge in [-0.2, -0.15) is 0 Å². The van der Waals surface area contributed by atoms with E-state index in [4.69, 9.17) is 19.3 Å². The third-order valence-corrected chi connectivity index (χ3v) is 8.31. The van der Waals surface area contributed by atoms with Crippen LogP contribution in [0, 0.1) is 0 Å². The van der Waals surface area contributed by atoms with E-state index < -0.39 is 32.5 Å². The van der Waals surface area contributed by atoms with Gasteiger partial charge < -0.3 is 19.3 Å². The van der Waals surface area contributed by atoms with Crippen LogP contribution in [0.15, 0.2) is 48.6 Å². The predicted octanol–water partition coefficient (Wildman–Crippen LogP) is 11.2. The monoisotopic (exact) mass is 696 g/mol. The Kier molecular flexibility index (Phi) is 33.4. The van der Waals surface area contributed by atoms with Crippen LogP contribution in [-0.4, -0.2) is 41.0 Å².